The number of aryl methyl sites for hydroxylation is 1. The van der Waals surface area contributed by atoms with Gasteiger partial charge in [-0.2, -0.15) is 0 Å². The average molecular weight is 372 g/mol. The molecule has 0 saturated carbocycles. The number of anilines is 3. The van der Waals surface area contributed by atoms with E-state index in [-0.39, 0.29) is 5.91 Å². The molecule has 26 heavy (non-hydrogen) atoms. The first-order chi connectivity index (χ1) is 12.4. The van der Waals surface area contributed by atoms with Crippen LogP contribution in [-0.4, -0.2) is 18.0 Å². The van der Waals surface area contributed by atoms with E-state index in [1.54, 1.807) is 24.3 Å². The SMILES string of the molecule is Cc1cc(N)c(NC(=O)c2ccccc2Cl)cc1N1[C@H](C)CCC[C@@H]1C. The normalized spacial score (nSPS) is 20.1. The van der Waals surface area contributed by atoms with Crippen LogP contribution in [0.15, 0.2) is 36.4 Å². The lowest BCUT2D eigenvalue weighted by Crippen LogP contribution is -2.44. The molecular weight excluding hydrogens is 346 g/mol. The lowest BCUT2D eigenvalue weighted by molar-refractivity contribution is 0.102. The fourth-order valence-electron chi connectivity index (χ4n) is 3.84. The summed E-state index contributed by atoms with van der Waals surface area (Å²) in [5, 5.41) is 3.35. The van der Waals surface area contributed by atoms with Crippen molar-refractivity contribution in [3.05, 3.63) is 52.5 Å². The third-order valence-corrected chi connectivity index (χ3v) is 5.54. The fraction of sp³-hybridized carbons (Fsp3) is 0.381. The molecule has 0 aliphatic carbocycles. The van der Waals surface area contributed by atoms with Crippen LogP contribution in [0.3, 0.4) is 0 Å². The second-order valence-corrected chi connectivity index (χ2v) is 7.60. The predicted molar refractivity (Wildman–Crippen MR) is 110 cm³/mol. The van der Waals surface area contributed by atoms with Gasteiger partial charge in [0.15, 0.2) is 0 Å². The summed E-state index contributed by atoms with van der Waals surface area (Å²) in [6, 6.07) is 11.9. The number of amides is 1. The molecular formula is C21H26ClN3O. The summed E-state index contributed by atoms with van der Waals surface area (Å²) in [6.45, 7) is 6.58. The van der Waals surface area contributed by atoms with Gasteiger partial charge in [-0.15, -0.1) is 0 Å². The number of nitrogen functional groups attached to an aromatic ring is 1. The van der Waals surface area contributed by atoms with E-state index in [0.29, 0.717) is 34.0 Å². The van der Waals surface area contributed by atoms with Crippen molar-refractivity contribution in [3.8, 4) is 0 Å². The van der Waals surface area contributed by atoms with Gasteiger partial charge >= 0.3 is 0 Å². The molecule has 1 aliphatic heterocycles. The zero-order valence-corrected chi connectivity index (χ0v) is 16.3. The van der Waals surface area contributed by atoms with Gasteiger partial charge in [-0.25, -0.2) is 0 Å². The van der Waals surface area contributed by atoms with Crippen molar-refractivity contribution >= 4 is 34.6 Å². The van der Waals surface area contributed by atoms with Gasteiger partial charge in [0.05, 0.1) is 22.0 Å². The fourth-order valence-corrected chi connectivity index (χ4v) is 4.06. The Balaban J connectivity index is 1.93. The number of rotatable bonds is 3. The Morgan fingerprint density at radius 3 is 2.50 bits per heavy atom. The molecule has 0 unspecified atom stereocenters. The maximum atomic E-state index is 12.6. The molecule has 0 aromatic heterocycles. The van der Waals surface area contributed by atoms with E-state index in [1.807, 2.05) is 12.1 Å². The van der Waals surface area contributed by atoms with Gasteiger partial charge in [0.2, 0.25) is 0 Å². The first kappa shape index (κ1) is 18.6. The van der Waals surface area contributed by atoms with Crippen LogP contribution >= 0.6 is 11.6 Å². The van der Waals surface area contributed by atoms with E-state index < -0.39 is 0 Å². The van der Waals surface area contributed by atoms with Crippen molar-refractivity contribution in [2.75, 3.05) is 16.0 Å². The zero-order chi connectivity index (χ0) is 18.8. The highest BCUT2D eigenvalue weighted by molar-refractivity contribution is 6.34. The number of hydrogen-bond donors (Lipinski definition) is 2. The monoisotopic (exact) mass is 371 g/mol. The van der Waals surface area contributed by atoms with E-state index >= 15 is 0 Å². The standard InChI is InChI=1S/C21H26ClN3O/c1-13-11-18(23)19(24-21(26)16-9-4-5-10-17(16)22)12-20(13)25-14(2)7-6-8-15(25)3/h4-5,9-12,14-15H,6-8,23H2,1-3H3,(H,24,26)/t14-,15+. The minimum Gasteiger partial charge on any atom is -0.397 e. The number of nitrogens with zero attached hydrogens (tertiary/aromatic N) is 1. The third kappa shape index (κ3) is 3.65. The van der Waals surface area contributed by atoms with Gasteiger partial charge in [-0.3, -0.25) is 4.79 Å². The predicted octanol–water partition coefficient (Wildman–Crippen LogP) is 5.25. The molecule has 3 N–H and O–H groups in total. The number of nitrogens with two attached hydrogens (primary N) is 1. The van der Waals surface area contributed by atoms with Crippen molar-refractivity contribution in [2.45, 2.75) is 52.1 Å². The summed E-state index contributed by atoms with van der Waals surface area (Å²) < 4.78 is 0. The molecule has 3 rings (SSSR count). The molecule has 2 aromatic rings. The Bertz CT molecular complexity index is 811. The highest BCUT2D eigenvalue weighted by Gasteiger charge is 2.26. The molecule has 5 heteroatoms. The van der Waals surface area contributed by atoms with E-state index in [2.05, 4.69) is 31.0 Å². The van der Waals surface area contributed by atoms with Crippen molar-refractivity contribution < 1.29 is 4.79 Å². The van der Waals surface area contributed by atoms with Gasteiger partial charge in [0, 0.05) is 17.8 Å². The highest BCUT2D eigenvalue weighted by Crippen LogP contribution is 2.36. The molecule has 138 valence electrons. The smallest absolute Gasteiger partial charge is 0.257 e. The van der Waals surface area contributed by atoms with Crippen molar-refractivity contribution in [2.24, 2.45) is 0 Å². The Kier molecular flexibility index (Phi) is 5.42. The van der Waals surface area contributed by atoms with E-state index in [4.69, 9.17) is 17.3 Å². The molecule has 1 aliphatic rings. The van der Waals surface area contributed by atoms with Crippen LogP contribution in [-0.2, 0) is 0 Å². The van der Waals surface area contributed by atoms with Gasteiger partial charge in [-0.1, -0.05) is 23.7 Å². The summed E-state index contributed by atoms with van der Waals surface area (Å²) >= 11 is 6.14. The topological polar surface area (TPSA) is 58.4 Å². The van der Waals surface area contributed by atoms with Crippen LogP contribution in [0.25, 0.3) is 0 Å². The molecule has 0 bridgehead atoms. The molecule has 1 fully saturated rings. The molecule has 0 radical (unpaired) electrons. The Morgan fingerprint density at radius 1 is 1.19 bits per heavy atom. The summed E-state index contributed by atoms with van der Waals surface area (Å²) in [4.78, 5) is 15.1. The highest BCUT2D eigenvalue weighted by atomic mass is 35.5. The number of hydrogen-bond acceptors (Lipinski definition) is 3. The van der Waals surface area contributed by atoms with Gasteiger partial charge in [0.25, 0.3) is 5.91 Å². The van der Waals surface area contributed by atoms with Crippen molar-refractivity contribution in [1.29, 1.82) is 0 Å². The lowest BCUT2D eigenvalue weighted by atomic mass is 9.95. The summed E-state index contributed by atoms with van der Waals surface area (Å²) in [5.41, 5.74) is 10.1. The number of piperidine rings is 1. The molecule has 4 nitrogen and oxygen atoms in total. The van der Waals surface area contributed by atoms with Crippen LogP contribution in [0.2, 0.25) is 5.02 Å². The van der Waals surface area contributed by atoms with Crippen LogP contribution in [0.4, 0.5) is 17.1 Å². The summed E-state index contributed by atoms with van der Waals surface area (Å²) in [6.07, 6.45) is 3.61. The minimum absolute atomic E-state index is 0.253. The molecule has 2 aromatic carbocycles. The molecule has 1 heterocycles. The zero-order valence-electron chi connectivity index (χ0n) is 15.6. The van der Waals surface area contributed by atoms with Crippen molar-refractivity contribution in [3.63, 3.8) is 0 Å². The maximum Gasteiger partial charge on any atom is 0.257 e. The van der Waals surface area contributed by atoms with Gasteiger partial charge < -0.3 is 16.0 Å². The Morgan fingerprint density at radius 2 is 1.85 bits per heavy atom. The Labute approximate surface area is 160 Å². The summed E-state index contributed by atoms with van der Waals surface area (Å²) in [7, 11) is 0. The number of benzene rings is 2. The number of carbonyl (C=O) groups excluding carboxylic acids is 1. The molecule has 1 saturated heterocycles. The third-order valence-electron chi connectivity index (χ3n) is 5.21. The number of halogens is 1. The van der Waals surface area contributed by atoms with Gasteiger partial charge in [-0.05, 0) is 69.9 Å². The largest absolute Gasteiger partial charge is 0.397 e. The van der Waals surface area contributed by atoms with Crippen LogP contribution in [0.1, 0.15) is 49.0 Å². The van der Waals surface area contributed by atoms with E-state index in [9.17, 15) is 4.79 Å². The van der Waals surface area contributed by atoms with Crippen LogP contribution in [0.5, 0.6) is 0 Å². The van der Waals surface area contributed by atoms with Crippen LogP contribution in [0, 0.1) is 6.92 Å². The second kappa shape index (κ2) is 7.58. The average Bonchev–Trinajstić information content (AvgIpc) is 2.58. The van der Waals surface area contributed by atoms with Crippen LogP contribution < -0.4 is 16.0 Å². The molecule has 0 spiro atoms. The molecule has 1 amide bonds. The Hall–Kier alpha value is -2.20. The van der Waals surface area contributed by atoms with E-state index in [1.165, 1.54) is 19.3 Å². The quantitative estimate of drug-likeness (QED) is 0.724. The van der Waals surface area contributed by atoms with Gasteiger partial charge in [0.1, 0.15) is 0 Å². The molecule has 2 atom stereocenters. The minimum atomic E-state index is -0.253. The summed E-state index contributed by atoms with van der Waals surface area (Å²) in [5.74, 6) is -0.253. The number of carbonyl (C=O) groups is 1. The maximum absolute atomic E-state index is 12.6. The first-order valence-electron chi connectivity index (χ1n) is 9.13. The first-order valence-corrected chi connectivity index (χ1v) is 9.50. The number of nitrogens with one attached hydrogen (secondary N) is 1. The van der Waals surface area contributed by atoms with Crippen molar-refractivity contribution in [1.82, 2.24) is 0 Å². The lowest BCUT2D eigenvalue weighted by Gasteiger charge is -2.42. The second-order valence-electron chi connectivity index (χ2n) is 7.20. The van der Waals surface area contributed by atoms with E-state index in [0.717, 1.165) is 11.3 Å².